The summed E-state index contributed by atoms with van der Waals surface area (Å²) in [5.74, 6) is 0.809. The molecule has 0 spiro atoms. The molecule has 0 aliphatic heterocycles. The molecule has 0 aliphatic carbocycles. The third kappa shape index (κ3) is 1.88. The number of aromatic nitrogens is 2. The van der Waals surface area contributed by atoms with Crippen LogP contribution in [-0.2, 0) is 0 Å². The highest BCUT2D eigenvalue weighted by Crippen LogP contribution is 2.27. The van der Waals surface area contributed by atoms with Gasteiger partial charge in [-0.3, -0.25) is 0 Å². The molecule has 2 rings (SSSR count). The van der Waals surface area contributed by atoms with E-state index in [2.05, 4.69) is 9.97 Å². The number of rotatable bonds is 2. The van der Waals surface area contributed by atoms with Crippen LogP contribution in [0.25, 0.3) is 10.9 Å². The van der Waals surface area contributed by atoms with E-state index in [9.17, 15) is 0 Å². The van der Waals surface area contributed by atoms with E-state index in [1.165, 1.54) is 0 Å². The molecule has 0 saturated heterocycles. The van der Waals surface area contributed by atoms with Gasteiger partial charge in [-0.1, -0.05) is 6.07 Å². The quantitative estimate of drug-likeness (QED) is 0.733. The molecule has 15 heavy (non-hydrogen) atoms. The van der Waals surface area contributed by atoms with E-state index in [1.54, 1.807) is 0 Å². The maximum Gasteiger partial charge on any atom is 0.223 e. The van der Waals surface area contributed by atoms with Crippen molar-refractivity contribution in [2.75, 3.05) is 6.61 Å². The number of halogens is 1. The van der Waals surface area contributed by atoms with Crippen molar-refractivity contribution in [1.82, 2.24) is 9.97 Å². The zero-order chi connectivity index (χ0) is 10.8. The number of ether oxygens (including phenoxy) is 1. The Morgan fingerprint density at radius 2 is 2.13 bits per heavy atom. The summed E-state index contributed by atoms with van der Waals surface area (Å²) in [5, 5.41) is 1.21. The Morgan fingerprint density at radius 1 is 1.33 bits per heavy atom. The Hall–Kier alpha value is -1.35. The first-order valence-electron chi connectivity index (χ1n) is 4.78. The van der Waals surface area contributed by atoms with Crippen molar-refractivity contribution in [3.8, 4) is 5.75 Å². The molecule has 0 radical (unpaired) electrons. The fourth-order valence-corrected chi connectivity index (χ4v) is 1.79. The molecule has 0 atom stereocenters. The molecule has 3 nitrogen and oxygen atoms in total. The standard InChI is InChI=1S/C11H11ClN2O/c1-3-15-9-6-4-5-8-10(9)7(2)13-11(12)14-8/h4-6H,3H2,1-2H3. The fourth-order valence-electron chi connectivity index (χ4n) is 1.57. The molecule has 0 amide bonds. The third-order valence-corrected chi connectivity index (χ3v) is 2.31. The molecule has 1 heterocycles. The van der Waals surface area contributed by atoms with Gasteiger partial charge in [-0.2, -0.15) is 0 Å². The van der Waals surface area contributed by atoms with Gasteiger partial charge < -0.3 is 4.74 Å². The summed E-state index contributed by atoms with van der Waals surface area (Å²) >= 11 is 5.79. The van der Waals surface area contributed by atoms with E-state index < -0.39 is 0 Å². The largest absolute Gasteiger partial charge is 0.493 e. The lowest BCUT2D eigenvalue weighted by atomic mass is 10.2. The highest BCUT2D eigenvalue weighted by molar-refractivity contribution is 6.28. The first kappa shape index (κ1) is 10.2. The first-order valence-corrected chi connectivity index (χ1v) is 5.16. The summed E-state index contributed by atoms with van der Waals surface area (Å²) in [5.41, 5.74) is 1.66. The second kappa shape index (κ2) is 4.03. The van der Waals surface area contributed by atoms with Gasteiger partial charge in [-0.15, -0.1) is 0 Å². The van der Waals surface area contributed by atoms with Crippen LogP contribution in [0.4, 0.5) is 0 Å². The Kier molecular flexibility index (Phi) is 2.73. The molecule has 0 unspecified atom stereocenters. The molecule has 0 fully saturated rings. The van der Waals surface area contributed by atoms with Gasteiger partial charge in [0.25, 0.3) is 0 Å². The maximum absolute atomic E-state index is 5.79. The Balaban J connectivity index is 2.73. The predicted octanol–water partition coefficient (Wildman–Crippen LogP) is 2.99. The van der Waals surface area contributed by atoms with Gasteiger partial charge >= 0.3 is 0 Å². The molecule has 0 bridgehead atoms. The minimum Gasteiger partial charge on any atom is -0.493 e. The summed E-state index contributed by atoms with van der Waals surface area (Å²) in [7, 11) is 0. The van der Waals surface area contributed by atoms with Crippen molar-refractivity contribution >= 4 is 22.5 Å². The minimum atomic E-state index is 0.272. The van der Waals surface area contributed by atoms with E-state index in [0.29, 0.717) is 6.61 Å². The van der Waals surface area contributed by atoms with Crippen LogP contribution in [0.5, 0.6) is 5.75 Å². The fraction of sp³-hybridized carbons (Fsp3) is 0.273. The van der Waals surface area contributed by atoms with E-state index >= 15 is 0 Å². The van der Waals surface area contributed by atoms with Gasteiger partial charge in [0, 0.05) is 0 Å². The van der Waals surface area contributed by atoms with Crippen molar-refractivity contribution in [2.24, 2.45) is 0 Å². The SMILES string of the molecule is CCOc1cccc2nc(Cl)nc(C)c12. The lowest BCUT2D eigenvalue weighted by molar-refractivity contribution is 0.344. The highest BCUT2D eigenvalue weighted by atomic mass is 35.5. The van der Waals surface area contributed by atoms with Crippen molar-refractivity contribution in [3.63, 3.8) is 0 Å². The Morgan fingerprint density at radius 3 is 2.87 bits per heavy atom. The van der Waals surface area contributed by atoms with Crippen LogP contribution < -0.4 is 4.74 Å². The van der Waals surface area contributed by atoms with Gasteiger partial charge in [-0.05, 0) is 37.6 Å². The lowest BCUT2D eigenvalue weighted by Gasteiger charge is -2.08. The lowest BCUT2D eigenvalue weighted by Crippen LogP contribution is -1.96. The molecule has 78 valence electrons. The number of aryl methyl sites for hydroxylation is 1. The molecule has 0 aliphatic rings. The summed E-state index contributed by atoms with van der Waals surface area (Å²) in [6.07, 6.45) is 0. The molecule has 1 aromatic heterocycles. The van der Waals surface area contributed by atoms with Crippen LogP contribution in [-0.4, -0.2) is 16.6 Å². The normalized spacial score (nSPS) is 10.6. The van der Waals surface area contributed by atoms with Crippen molar-refractivity contribution in [3.05, 3.63) is 29.2 Å². The molecule has 0 saturated carbocycles. The third-order valence-electron chi connectivity index (χ3n) is 2.14. The number of hydrogen-bond donors (Lipinski definition) is 0. The van der Waals surface area contributed by atoms with E-state index in [1.807, 2.05) is 32.0 Å². The summed E-state index contributed by atoms with van der Waals surface area (Å²) in [6, 6.07) is 5.71. The maximum atomic E-state index is 5.79. The topological polar surface area (TPSA) is 35.0 Å². The monoisotopic (exact) mass is 222 g/mol. The number of benzene rings is 1. The average Bonchev–Trinajstić information content (AvgIpc) is 2.17. The van der Waals surface area contributed by atoms with E-state index in [0.717, 1.165) is 22.3 Å². The molecule has 2 aromatic rings. The zero-order valence-electron chi connectivity index (χ0n) is 8.62. The number of nitrogens with zero attached hydrogens (tertiary/aromatic N) is 2. The minimum absolute atomic E-state index is 0.272. The van der Waals surface area contributed by atoms with Crippen LogP contribution in [0.1, 0.15) is 12.6 Å². The van der Waals surface area contributed by atoms with Crippen LogP contribution in [0.3, 0.4) is 0 Å². The van der Waals surface area contributed by atoms with Crippen LogP contribution in [0, 0.1) is 6.92 Å². The number of hydrogen-bond acceptors (Lipinski definition) is 3. The van der Waals surface area contributed by atoms with E-state index in [4.69, 9.17) is 16.3 Å². The van der Waals surface area contributed by atoms with Gasteiger partial charge in [0.1, 0.15) is 5.75 Å². The first-order chi connectivity index (χ1) is 7.22. The Labute approximate surface area is 93.1 Å². The van der Waals surface area contributed by atoms with Gasteiger partial charge in [0.2, 0.25) is 5.28 Å². The smallest absolute Gasteiger partial charge is 0.223 e. The van der Waals surface area contributed by atoms with Crippen LogP contribution in [0.2, 0.25) is 5.28 Å². The van der Waals surface area contributed by atoms with Gasteiger partial charge in [0.15, 0.2) is 0 Å². The van der Waals surface area contributed by atoms with E-state index in [-0.39, 0.29) is 5.28 Å². The second-order valence-corrected chi connectivity index (χ2v) is 3.50. The van der Waals surface area contributed by atoms with Crippen LogP contribution >= 0.6 is 11.6 Å². The molecule has 4 heteroatoms. The highest BCUT2D eigenvalue weighted by Gasteiger charge is 2.07. The summed E-state index contributed by atoms with van der Waals surface area (Å²) in [4.78, 5) is 8.27. The second-order valence-electron chi connectivity index (χ2n) is 3.16. The molecule has 0 N–H and O–H groups in total. The molecular weight excluding hydrogens is 212 g/mol. The van der Waals surface area contributed by atoms with Crippen molar-refractivity contribution in [1.29, 1.82) is 0 Å². The van der Waals surface area contributed by atoms with Gasteiger partial charge in [0.05, 0.1) is 23.2 Å². The van der Waals surface area contributed by atoms with Crippen molar-refractivity contribution in [2.45, 2.75) is 13.8 Å². The van der Waals surface area contributed by atoms with Crippen LogP contribution in [0.15, 0.2) is 18.2 Å². The molecule has 1 aromatic carbocycles. The number of fused-ring (bicyclic) bond motifs is 1. The average molecular weight is 223 g/mol. The summed E-state index contributed by atoms with van der Waals surface area (Å²) in [6.45, 7) is 4.48. The Bertz CT molecular complexity index is 499. The zero-order valence-corrected chi connectivity index (χ0v) is 9.38. The van der Waals surface area contributed by atoms with Gasteiger partial charge in [-0.25, -0.2) is 9.97 Å². The molecular formula is C11H11ClN2O. The summed E-state index contributed by atoms with van der Waals surface area (Å²) < 4.78 is 5.52. The van der Waals surface area contributed by atoms with Crippen molar-refractivity contribution < 1.29 is 4.74 Å². The predicted molar refractivity (Wildman–Crippen MR) is 60.5 cm³/mol.